The molecule has 0 bridgehead atoms. The lowest BCUT2D eigenvalue weighted by Crippen LogP contribution is -2.05. The van der Waals surface area contributed by atoms with Gasteiger partial charge in [0.15, 0.2) is 11.0 Å². The average Bonchev–Trinajstić information content (AvgIpc) is 3.09. The fourth-order valence-corrected chi connectivity index (χ4v) is 3.79. The van der Waals surface area contributed by atoms with Gasteiger partial charge in [0.1, 0.15) is 11.5 Å². The van der Waals surface area contributed by atoms with Crippen molar-refractivity contribution in [1.82, 2.24) is 14.8 Å². The van der Waals surface area contributed by atoms with Crippen molar-refractivity contribution in [3.63, 3.8) is 0 Å². The van der Waals surface area contributed by atoms with Crippen molar-refractivity contribution in [1.29, 1.82) is 0 Å². The molecule has 0 N–H and O–H groups in total. The summed E-state index contributed by atoms with van der Waals surface area (Å²) in [6.07, 6.45) is 1.85. The number of ether oxygens (including phenoxy) is 2. The van der Waals surface area contributed by atoms with Crippen LogP contribution in [0.3, 0.4) is 0 Å². The van der Waals surface area contributed by atoms with E-state index in [9.17, 15) is 0 Å². The highest BCUT2D eigenvalue weighted by atomic mass is 32.2. The summed E-state index contributed by atoms with van der Waals surface area (Å²) in [6, 6.07) is 14.0. The smallest absolute Gasteiger partial charge is 0.191 e. The SMILES string of the molecule is C=CCn1c(SCCOc2c(C)cccc2C)nnc1-c1ccccc1OC. The summed E-state index contributed by atoms with van der Waals surface area (Å²) < 4.78 is 13.5. The lowest BCUT2D eigenvalue weighted by molar-refractivity contribution is 0.339. The van der Waals surface area contributed by atoms with E-state index in [4.69, 9.17) is 9.47 Å². The molecule has 3 aromatic rings. The molecule has 0 unspecified atom stereocenters. The highest BCUT2D eigenvalue weighted by Gasteiger charge is 2.16. The van der Waals surface area contributed by atoms with Crippen molar-refractivity contribution in [2.24, 2.45) is 0 Å². The molecule has 0 aliphatic rings. The molecule has 6 heteroatoms. The summed E-state index contributed by atoms with van der Waals surface area (Å²) in [4.78, 5) is 0. The first-order valence-corrected chi connectivity index (χ1v) is 10.1. The van der Waals surface area contributed by atoms with Crippen LogP contribution in [-0.2, 0) is 6.54 Å². The second-order valence-corrected chi connectivity index (χ2v) is 7.39. The molecule has 1 aromatic heterocycles. The lowest BCUT2D eigenvalue weighted by atomic mass is 10.1. The maximum atomic E-state index is 6.00. The summed E-state index contributed by atoms with van der Waals surface area (Å²) >= 11 is 1.62. The molecule has 0 saturated heterocycles. The topological polar surface area (TPSA) is 49.2 Å². The van der Waals surface area contributed by atoms with Crippen LogP contribution in [0.1, 0.15) is 11.1 Å². The number of aryl methyl sites for hydroxylation is 2. The summed E-state index contributed by atoms with van der Waals surface area (Å²) in [6.45, 7) is 9.22. The Morgan fingerprint density at radius 3 is 2.54 bits per heavy atom. The molecule has 0 radical (unpaired) electrons. The molecule has 28 heavy (non-hydrogen) atoms. The molecule has 0 spiro atoms. The van der Waals surface area contributed by atoms with E-state index in [0.29, 0.717) is 13.2 Å². The quantitative estimate of drug-likeness (QED) is 0.292. The van der Waals surface area contributed by atoms with E-state index in [1.165, 1.54) is 0 Å². The van der Waals surface area contributed by atoms with Crippen LogP contribution in [0.25, 0.3) is 11.4 Å². The fraction of sp³-hybridized carbons (Fsp3) is 0.273. The number of thioether (sulfide) groups is 1. The zero-order valence-electron chi connectivity index (χ0n) is 16.5. The molecular weight excluding hydrogens is 370 g/mol. The summed E-state index contributed by atoms with van der Waals surface area (Å²) in [5.74, 6) is 3.28. The van der Waals surface area contributed by atoms with E-state index >= 15 is 0 Å². The van der Waals surface area contributed by atoms with Crippen LogP contribution in [-0.4, -0.2) is 34.2 Å². The van der Waals surface area contributed by atoms with Gasteiger partial charge in [0.25, 0.3) is 0 Å². The maximum absolute atomic E-state index is 6.00. The van der Waals surface area contributed by atoms with Crippen LogP contribution in [0.2, 0.25) is 0 Å². The fourth-order valence-electron chi connectivity index (χ4n) is 3.02. The van der Waals surface area contributed by atoms with E-state index in [2.05, 4.69) is 47.3 Å². The molecule has 1 heterocycles. The van der Waals surface area contributed by atoms with Gasteiger partial charge < -0.3 is 9.47 Å². The zero-order chi connectivity index (χ0) is 19.9. The van der Waals surface area contributed by atoms with E-state index in [-0.39, 0.29) is 0 Å². The molecule has 0 atom stereocenters. The Morgan fingerprint density at radius 1 is 1.07 bits per heavy atom. The molecule has 0 saturated carbocycles. The zero-order valence-corrected chi connectivity index (χ0v) is 17.3. The molecule has 0 amide bonds. The molecule has 0 aliphatic heterocycles. The first kappa shape index (κ1) is 20.0. The van der Waals surface area contributed by atoms with Crippen molar-refractivity contribution < 1.29 is 9.47 Å². The molecule has 0 aliphatic carbocycles. The van der Waals surface area contributed by atoms with Crippen molar-refractivity contribution in [3.8, 4) is 22.9 Å². The second-order valence-electron chi connectivity index (χ2n) is 6.32. The Kier molecular flexibility index (Phi) is 6.76. The van der Waals surface area contributed by atoms with E-state index in [1.807, 2.05) is 36.4 Å². The van der Waals surface area contributed by atoms with Gasteiger partial charge in [-0.15, -0.1) is 16.8 Å². The average molecular weight is 396 g/mol. The third-order valence-electron chi connectivity index (χ3n) is 4.35. The molecule has 5 nitrogen and oxygen atoms in total. The summed E-state index contributed by atoms with van der Waals surface area (Å²) in [5.41, 5.74) is 3.22. The number of rotatable bonds is 9. The number of methoxy groups -OCH3 is 1. The Bertz CT molecular complexity index is 932. The second kappa shape index (κ2) is 9.46. The standard InChI is InChI=1S/C22H25N3O2S/c1-5-13-25-21(18-11-6-7-12-19(18)26-4)23-24-22(25)28-15-14-27-20-16(2)9-8-10-17(20)3/h5-12H,1,13-15H2,2-4H3. The van der Waals surface area contributed by atoms with Crippen molar-refractivity contribution in [3.05, 3.63) is 66.2 Å². The van der Waals surface area contributed by atoms with Gasteiger partial charge in [0.2, 0.25) is 0 Å². The Balaban J connectivity index is 1.72. The maximum Gasteiger partial charge on any atom is 0.191 e. The minimum atomic E-state index is 0.599. The predicted molar refractivity (Wildman–Crippen MR) is 114 cm³/mol. The molecule has 2 aromatic carbocycles. The summed E-state index contributed by atoms with van der Waals surface area (Å²) in [5, 5.41) is 9.62. The Hall–Kier alpha value is -2.73. The van der Waals surface area contributed by atoms with Crippen LogP contribution in [0.5, 0.6) is 11.5 Å². The number of aromatic nitrogens is 3. The van der Waals surface area contributed by atoms with Crippen LogP contribution in [0.15, 0.2) is 60.3 Å². The molecule has 0 fully saturated rings. The van der Waals surface area contributed by atoms with Gasteiger partial charge in [0.05, 0.1) is 19.3 Å². The Morgan fingerprint density at radius 2 is 1.82 bits per heavy atom. The number of benzene rings is 2. The van der Waals surface area contributed by atoms with Gasteiger partial charge >= 0.3 is 0 Å². The van der Waals surface area contributed by atoms with Crippen molar-refractivity contribution >= 4 is 11.8 Å². The van der Waals surface area contributed by atoms with Gasteiger partial charge in [-0.05, 0) is 37.1 Å². The van der Waals surface area contributed by atoms with E-state index < -0.39 is 0 Å². The normalized spacial score (nSPS) is 10.7. The minimum Gasteiger partial charge on any atom is -0.496 e. The number of hydrogen-bond donors (Lipinski definition) is 0. The van der Waals surface area contributed by atoms with Gasteiger partial charge in [-0.1, -0.05) is 48.2 Å². The van der Waals surface area contributed by atoms with E-state index in [1.54, 1.807) is 18.9 Å². The van der Waals surface area contributed by atoms with Crippen LogP contribution in [0.4, 0.5) is 0 Å². The highest BCUT2D eigenvalue weighted by molar-refractivity contribution is 7.99. The van der Waals surface area contributed by atoms with Gasteiger partial charge in [0, 0.05) is 12.3 Å². The molecular formula is C22H25N3O2S. The number of hydrogen-bond acceptors (Lipinski definition) is 5. The van der Waals surface area contributed by atoms with Crippen LogP contribution < -0.4 is 9.47 Å². The van der Waals surface area contributed by atoms with Gasteiger partial charge in [-0.3, -0.25) is 4.57 Å². The van der Waals surface area contributed by atoms with Crippen molar-refractivity contribution in [2.75, 3.05) is 19.5 Å². The van der Waals surface area contributed by atoms with Gasteiger partial charge in [-0.25, -0.2) is 0 Å². The Labute approximate surface area is 170 Å². The molecule has 3 rings (SSSR count). The highest BCUT2D eigenvalue weighted by Crippen LogP contribution is 2.31. The van der Waals surface area contributed by atoms with E-state index in [0.717, 1.165) is 44.9 Å². The van der Waals surface area contributed by atoms with Crippen LogP contribution in [0, 0.1) is 13.8 Å². The summed E-state index contributed by atoms with van der Waals surface area (Å²) in [7, 11) is 1.66. The number of para-hydroxylation sites is 2. The molecule has 146 valence electrons. The monoisotopic (exact) mass is 395 g/mol. The van der Waals surface area contributed by atoms with Gasteiger partial charge in [-0.2, -0.15) is 0 Å². The third-order valence-corrected chi connectivity index (χ3v) is 5.28. The number of nitrogens with zero attached hydrogens (tertiary/aromatic N) is 3. The minimum absolute atomic E-state index is 0.599. The third kappa shape index (κ3) is 4.39. The first-order valence-electron chi connectivity index (χ1n) is 9.15. The van der Waals surface area contributed by atoms with Crippen LogP contribution >= 0.6 is 11.8 Å². The predicted octanol–water partition coefficient (Wildman–Crippen LogP) is 4.93. The first-order chi connectivity index (χ1) is 13.7. The number of allylic oxidation sites excluding steroid dienone is 1. The van der Waals surface area contributed by atoms with Crippen molar-refractivity contribution in [2.45, 2.75) is 25.5 Å². The largest absolute Gasteiger partial charge is 0.496 e. The lowest BCUT2D eigenvalue weighted by Gasteiger charge is -2.12.